The number of nitrogens with zero attached hydrogens (tertiary/aromatic N) is 2. The first-order valence-corrected chi connectivity index (χ1v) is 10.5. The van der Waals surface area contributed by atoms with Gasteiger partial charge in [0.15, 0.2) is 22.2 Å². The van der Waals surface area contributed by atoms with E-state index in [1.54, 1.807) is 24.4 Å². The number of sulfonamides is 1. The molecule has 0 aliphatic carbocycles. The standard InChI is InChI=1S/C20H19N3O7S/c1-26-13-5-4-6-14(27-2)19(13)31(24,25)23-20-18-15(28-3)9-12(10-16(18)30-22-20)11-17-21-7-8-29-17/h4-10H,11H2,1-3H3,(H,22,23). The Hall–Kier alpha value is -3.73. The fraction of sp³-hybridized carbons (Fsp3) is 0.200. The summed E-state index contributed by atoms with van der Waals surface area (Å²) in [7, 11) is 0.0766. The van der Waals surface area contributed by atoms with Crippen molar-refractivity contribution in [2.24, 2.45) is 0 Å². The zero-order valence-electron chi connectivity index (χ0n) is 16.9. The maximum absolute atomic E-state index is 13.2. The highest BCUT2D eigenvalue weighted by Crippen LogP contribution is 2.38. The number of rotatable bonds is 8. The molecule has 1 N–H and O–H groups in total. The van der Waals surface area contributed by atoms with E-state index in [-0.39, 0.29) is 22.2 Å². The summed E-state index contributed by atoms with van der Waals surface area (Å²) in [6, 6.07) is 8.13. The molecule has 0 radical (unpaired) electrons. The van der Waals surface area contributed by atoms with E-state index in [1.807, 2.05) is 0 Å². The highest BCUT2D eigenvalue weighted by Gasteiger charge is 2.28. The number of fused-ring (bicyclic) bond motifs is 1. The topological polar surface area (TPSA) is 126 Å². The van der Waals surface area contributed by atoms with Crippen molar-refractivity contribution < 1.29 is 31.6 Å². The molecule has 4 rings (SSSR count). The van der Waals surface area contributed by atoms with Gasteiger partial charge in [-0.15, -0.1) is 0 Å². The van der Waals surface area contributed by atoms with E-state index in [1.165, 1.54) is 39.7 Å². The first-order valence-electron chi connectivity index (χ1n) is 9.05. The molecule has 11 heteroatoms. The molecular formula is C20H19N3O7S. The number of hydrogen-bond acceptors (Lipinski definition) is 9. The lowest BCUT2D eigenvalue weighted by Gasteiger charge is -2.14. The van der Waals surface area contributed by atoms with Gasteiger partial charge in [0.1, 0.15) is 28.9 Å². The van der Waals surface area contributed by atoms with E-state index in [9.17, 15) is 8.42 Å². The van der Waals surface area contributed by atoms with Crippen LogP contribution < -0.4 is 18.9 Å². The van der Waals surface area contributed by atoms with Crippen molar-refractivity contribution in [1.82, 2.24) is 10.1 Å². The van der Waals surface area contributed by atoms with Crippen molar-refractivity contribution >= 4 is 26.8 Å². The molecule has 0 bridgehead atoms. The highest BCUT2D eigenvalue weighted by atomic mass is 32.2. The second-order valence-corrected chi connectivity index (χ2v) is 8.02. The van der Waals surface area contributed by atoms with Gasteiger partial charge in [0.05, 0.1) is 27.5 Å². The van der Waals surface area contributed by atoms with Gasteiger partial charge in [-0.1, -0.05) is 11.2 Å². The van der Waals surface area contributed by atoms with Crippen LogP contribution in [0.1, 0.15) is 11.5 Å². The number of anilines is 1. The third-order valence-corrected chi connectivity index (χ3v) is 5.94. The van der Waals surface area contributed by atoms with Crippen LogP contribution in [0.4, 0.5) is 5.82 Å². The van der Waals surface area contributed by atoms with Crippen molar-refractivity contribution in [2.75, 3.05) is 26.1 Å². The van der Waals surface area contributed by atoms with Crippen molar-refractivity contribution in [2.45, 2.75) is 11.3 Å². The number of hydrogen-bond donors (Lipinski definition) is 1. The molecule has 2 heterocycles. The van der Waals surface area contributed by atoms with Crippen molar-refractivity contribution in [3.63, 3.8) is 0 Å². The van der Waals surface area contributed by atoms with Crippen LogP contribution in [0.3, 0.4) is 0 Å². The monoisotopic (exact) mass is 445 g/mol. The van der Waals surface area contributed by atoms with Crippen LogP contribution in [0.15, 0.2) is 56.6 Å². The summed E-state index contributed by atoms with van der Waals surface area (Å²) in [5.74, 6) is 1.12. The van der Waals surface area contributed by atoms with Crippen LogP contribution in [0.5, 0.6) is 17.2 Å². The molecule has 162 valence electrons. The minimum Gasteiger partial charge on any atom is -0.496 e. The van der Waals surface area contributed by atoms with Crippen LogP contribution in [-0.4, -0.2) is 39.9 Å². The summed E-state index contributed by atoms with van der Waals surface area (Å²) < 4.78 is 55.3. The molecule has 0 saturated heterocycles. The first-order chi connectivity index (χ1) is 15.0. The zero-order valence-corrected chi connectivity index (χ0v) is 17.7. The minimum absolute atomic E-state index is 0.0255. The smallest absolute Gasteiger partial charge is 0.270 e. The predicted molar refractivity (Wildman–Crippen MR) is 110 cm³/mol. The number of benzene rings is 2. The van der Waals surface area contributed by atoms with Gasteiger partial charge < -0.3 is 23.2 Å². The summed E-state index contributed by atoms with van der Waals surface area (Å²) in [5.41, 5.74) is 1.13. The SMILES string of the molecule is COc1cccc(OC)c1S(=O)(=O)Nc1noc2cc(Cc3ncco3)cc(OC)c12. The fourth-order valence-electron chi connectivity index (χ4n) is 3.20. The molecule has 31 heavy (non-hydrogen) atoms. The molecule has 4 aromatic rings. The van der Waals surface area contributed by atoms with Gasteiger partial charge in [0.2, 0.25) is 0 Å². The number of oxazole rings is 1. The lowest BCUT2D eigenvalue weighted by Crippen LogP contribution is -2.15. The summed E-state index contributed by atoms with van der Waals surface area (Å²) in [4.78, 5) is 3.94. The molecule has 0 saturated carbocycles. The van der Waals surface area contributed by atoms with E-state index in [4.69, 9.17) is 23.2 Å². The van der Waals surface area contributed by atoms with Crippen molar-refractivity contribution in [3.05, 3.63) is 54.2 Å². The Balaban J connectivity index is 1.76. The predicted octanol–water partition coefficient (Wildman–Crippen LogP) is 3.23. The van der Waals surface area contributed by atoms with Crippen LogP contribution >= 0.6 is 0 Å². The van der Waals surface area contributed by atoms with Crippen molar-refractivity contribution in [3.8, 4) is 17.2 Å². The Bertz CT molecular complexity index is 1290. The molecule has 0 atom stereocenters. The zero-order chi connectivity index (χ0) is 22.0. The van der Waals surface area contributed by atoms with E-state index in [0.29, 0.717) is 29.0 Å². The number of methoxy groups -OCH3 is 3. The average molecular weight is 445 g/mol. The molecule has 2 aromatic heterocycles. The molecule has 10 nitrogen and oxygen atoms in total. The minimum atomic E-state index is -4.14. The Morgan fingerprint density at radius 3 is 2.35 bits per heavy atom. The third kappa shape index (κ3) is 3.87. The molecule has 0 aliphatic rings. The summed E-state index contributed by atoms with van der Waals surface area (Å²) >= 11 is 0. The normalized spacial score (nSPS) is 11.5. The van der Waals surface area contributed by atoms with Crippen LogP contribution in [0.25, 0.3) is 11.0 Å². The van der Waals surface area contributed by atoms with Gasteiger partial charge in [-0.25, -0.2) is 13.4 Å². The van der Waals surface area contributed by atoms with Gasteiger partial charge in [-0.2, -0.15) is 0 Å². The highest BCUT2D eigenvalue weighted by molar-refractivity contribution is 7.93. The Morgan fingerprint density at radius 2 is 1.74 bits per heavy atom. The van der Waals surface area contributed by atoms with E-state index in [0.717, 1.165) is 5.56 Å². The van der Waals surface area contributed by atoms with Gasteiger partial charge in [-0.3, -0.25) is 4.72 Å². The van der Waals surface area contributed by atoms with Gasteiger partial charge in [0.25, 0.3) is 10.0 Å². The maximum Gasteiger partial charge on any atom is 0.270 e. The van der Waals surface area contributed by atoms with E-state index < -0.39 is 10.0 Å². The molecule has 2 aromatic carbocycles. The van der Waals surface area contributed by atoms with E-state index in [2.05, 4.69) is 14.9 Å². The Morgan fingerprint density at radius 1 is 1.03 bits per heavy atom. The van der Waals surface area contributed by atoms with Crippen LogP contribution in [-0.2, 0) is 16.4 Å². The number of ether oxygens (including phenoxy) is 3. The molecule has 0 unspecified atom stereocenters. The van der Waals surface area contributed by atoms with Crippen LogP contribution in [0, 0.1) is 0 Å². The lowest BCUT2D eigenvalue weighted by molar-refractivity contribution is 0.373. The Labute approximate surface area is 177 Å². The lowest BCUT2D eigenvalue weighted by atomic mass is 10.1. The second kappa shape index (κ2) is 8.19. The van der Waals surface area contributed by atoms with Crippen molar-refractivity contribution in [1.29, 1.82) is 0 Å². The largest absolute Gasteiger partial charge is 0.496 e. The summed E-state index contributed by atoms with van der Waals surface area (Å²) in [5, 5.41) is 4.27. The summed E-state index contributed by atoms with van der Waals surface area (Å²) in [6.45, 7) is 0. The van der Waals surface area contributed by atoms with Gasteiger partial charge in [0, 0.05) is 6.42 Å². The van der Waals surface area contributed by atoms with Crippen LogP contribution in [0.2, 0.25) is 0 Å². The molecular weight excluding hydrogens is 426 g/mol. The molecule has 0 aliphatic heterocycles. The number of nitrogens with one attached hydrogen (secondary N) is 1. The Kier molecular flexibility index (Phi) is 5.42. The maximum atomic E-state index is 13.2. The summed E-state index contributed by atoms with van der Waals surface area (Å²) in [6.07, 6.45) is 3.44. The van der Waals surface area contributed by atoms with Gasteiger partial charge in [-0.05, 0) is 29.8 Å². The third-order valence-electron chi connectivity index (χ3n) is 4.54. The average Bonchev–Trinajstić information content (AvgIpc) is 3.42. The first kappa shape index (κ1) is 20.5. The van der Waals surface area contributed by atoms with Gasteiger partial charge >= 0.3 is 0 Å². The molecule has 0 fully saturated rings. The second-order valence-electron chi connectivity index (χ2n) is 6.40. The number of aromatic nitrogens is 2. The quantitative estimate of drug-likeness (QED) is 0.435. The fourth-order valence-corrected chi connectivity index (χ4v) is 4.53. The molecule has 0 spiro atoms. The van der Waals surface area contributed by atoms with E-state index >= 15 is 0 Å². The molecule has 0 amide bonds.